The van der Waals surface area contributed by atoms with Gasteiger partial charge in [-0.25, -0.2) is 19.9 Å². The summed E-state index contributed by atoms with van der Waals surface area (Å²) in [6, 6.07) is 28.0. The maximum absolute atomic E-state index is 12.3. The molecule has 3 saturated carbocycles. The number of carbonyl (C=O) groups excluding carboxylic acids is 2. The normalized spacial score (nSPS) is 15.2. The van der Waals surface area contributed by atoms with E-state index in [0.29, 0.717) is 46.1 Å². The van der Waals surface area contributed by atoms with Crippen molar-refractivity contribution in [2.75, 3.05) is 114 Å². The average Bonchev–Trinajstić information content (AvgIpc) is 4.07. The first-order valence-corrected chi connectivity index (χ1v) is 25.6. The second kappa shape index (κ2) is 23.0. The van der Waals surface area contributed by atoms with Crippen LogP contribution in [0.5, 0.6) is 11.5 Å². The summed E-state index contributed by atoms with van der Waals surface area (Å²) < 4.78 is 13.9. The first kappa shape index (κ1) is 53.1. The number of aromatic amines is 1. The van der Waals surface area contributed by atoms with Gasteiger partial charge in [0.05, 0.1) is 59.7 Å². The number of amides is 2. The Hall–Kier alpha value is -8.74. The molecule has 18 heteroatoms. The third-order valence-electron chi connectivity index (χ3n) is 14.3. The zero-order valence-corrected chi connectivity index (χ0v) is 45.1. The van der Waals surface area contributed by atoms with Crippen LogP contribution in [0.25, 0.3) is 44.3 Å². The van der Waals surface area contributed by atoms with Gasteiger partial charge in [-0.3, -0.25) is 9.59 Å². The monoisotopic (exact) mass is 1040 g/mol. The Morgan fingerprint density at radius 1 is 0.662 bits per heavy atom. The van der Waals surface area contributed by atoms with E-state index in [4.69, 9.17) is 19.4 Å². The number of ether oxygens (including phenoxy) is 2. The first-order chi connectivity index (χ1) is 37.2. The van der Waals surface area contributed by atoms with Crippen molar-refractivity contribution in [2.24, 2.45) is 5.92 Å². The van der Waals surface area contributed by atoms with Crippen molar-refractivity contribution in [3.8, 4) is 34.0 Å². The number of carbonyl (C=O) groups is 2. The Morgan fingerprint density at radius 2 is 1.16 bits per heavy atom. The molecule has 2 amide bonds. The fraction of sp³-hybridized carbons (Fsp3) is 0.288. The Kier molecular flexibility index (Phi) is 15.9. The molecule has 0 spiro atoms. The quantitative estimate of drug-likeness (QED) is 0.0428. The molecule has 77 heavy (non-hydrogen) atoms. The highest BCUT2D eigenvalue weighted by Gasteiger charge is 2.58. The van der Waals surface area contributed by atoms with Gasteiger partial charge in [0.15, 0.2) is 0 Å². The van der Waals surface area contributed by atoms with Gasteiger partial charge in [0.1, 0.15) is 11.5 Å². The molecule has 0 radical (unpaired) electrons. The smallest absolute Gasteiger partial charge is 0.247 e. The second-order valence-corrected chi connectivity index (χ2v) is 20.1. The summed E-state index contributed by atoms with van der Waals surface area (Å²) >= 11 is 0. The molecule has 0 atom stereocenters. The van der Waals surface area contributed by atoms with Gasteiger partial charge in [0.2, 0.25) is 23.7 Å². The molecule has 4 heterocycles. The Balaban J connectivity index is 0.000000189. The minimum Gasteiger partial charge on any atom is -0.494 e. The Morgan fingerprint density at radius 3 is 1.64 bits per heavy atom. The zero-order chi connectivity index (χ0) is 54.4. The summed E-state index contributed by atoms with van der Waals surface area (Å²) in [6.45, 7) is 10.4. The predicted molar refractivity (Wildman–Crippen MR) is 311 cm³/mol. The largest absolute Gasteiger partial charge is 0.494 e. The molecule has 0 unspecified atom stereocenters. The van der Waals surface area contributed by atoms with E-state index in [-0.39, 0.29) is 17.4 Å². The van der Waals surface area contributed by atoms with Crippen LogP contribution in [0.1, 0.15) is 19.3 Å². The maximum Gasteiger partial charge on any atom is 0.247 e. The molecule has 2 bridgehead atoms. The summed E-state index contributed by atoms with van der Waals surface area (Å²) in [6.07, 6.45) is 14.0. The number of para-hydroxylation sites is 2. The summed E-state index contributed by atoms with van der Waals surface area (Å²) in [5.41, 5.74) is 10.5. The molecule has 3 aliphatic carbocycles. The van der Waals surface area contributed by atoms with E-state index in [1.54, 1.807) is 26.6 Å². The number of H-pyrrole nitrogens is 1. The molecule has 11 rings (SSSR count). The lowest BCUT2D eigenvalue weighted by molar-refractivity contribution is -0.112. The van der Waals surface area contributed by atoms with Gasteiger partial charge < -0.3 is 59.9 Å². The van der Waals surface area contributed by atoms with E-state index in [1.165, 1.54) is 42.3 Å². The molecule has 8 aromatic rings. The SMILES string of the molecule is C=CC(=O)Nc1cc(Nc2nccc(-c3c[nH]c4ccccc34)n2)c(OC)cc1N(C)CCN(C)C.C=CC(=O)Nc1cc(Nc2nccc(-c3cn(C45CC(C4)C5)c4ccccc34)n2)c(OC)cc1N(C)CCN(C)C. The van der Waals surface area contributed by atoms with Crippen molar-refractivity contribution < 1.29 is 19.1 Å². The van der Waals surface area contributed by atoms with Crippen LogP contribution in [0, 0.1) is 5.92 Å². The van der Waals surface area contributed by atoms with E-state index in [1.807, 2.05) is 103 Å². The van der Waals surface area contributed by atoms with Crippen molar-refractivity contribution in [1.82, 2.24) is 39.3 Å². The zero-order valence-electron chi connectivity index (χ0n) is 45.1. The minimum atomic E-state index is -0.300. The topological polar surface area (TPSA) is 186 Å². The van der Waals surface area contributed by atoms with Gasteiger partial charge >= 0.3 is 0 Å². The van der Waals surface area contributed by atoms with Gasteiger partial charge in [-0.1, -0.05) is 49.6 Å². The molecule has 398 valence electrons. The summed E-state index contributed by atoms with van der Waals surface area (Å²) in [4.78, 5) is 54.7. The highest BCUT2D eigenvalue weighted by molar-refractivity contribution is 6.03. The lowest BCUT2D eigenvalue weighted by Crippen LogP contribution is -2.58. The Labute approximate surface area is 449 Å². The molecule has 18 nitrogen and oxygen atoms in total. The number of hydrogen-bond donors (Lipinski definition) is 5. The van der Waals surface area contributed by atoms with Crippen LogP contribution < -0.4 is 40.5 Å². The number of methoxy groups -OCH3 is 2. The van der Waals surface area contributed by atoms with Crippen molar-refractivity contribution in [3.05, 3.63) is 135 Å². The highest BCUT2D eigenvalue weighted by Crippen LogP contribution is 2.63. The standard InChI is InChI=1S/C32H37N7O2.C27H31N7O2/c1-6-30(40)34-25-15-26(29(41-5)16-28(25)38(4)14-13-37(2)3)36-31-33-12-11-24(35-31)23-20-39(32-17-21(18-32)19-32)27-10-8-7-9-22(23)27;1-6-26(35)30-22-15-23(25(36-5)16-24(22)34(4)14-13-33(2)3)32-27-28-12-11-21(31-27)19-17-29-20-10-8-7-9-18(19)20/h6-12,15-16,20-21H,1,13-14,17-19H2,2-5H3,(H,34,40)(H,33,35,36);6-12,15-17,29H,1,13-14H2,2-5H3,(H,30,35)(H,28,31,32). The molecular formula is C59H68N14O4. The van der Waals surface area contributed by atoms with E-state index in [9.17, 15) is 9.59 Å². The van der Waals surface area contributed by atoms with Crippen LogP contribution in [0.15, 0.2) is 135 Å². The third-order valence-corrected chi connectivity index (χ3v) is 14.3. The number of anilines is 8. The van der Waals surface area contributed by atoms with Crippen molar-refractivity contribution in [1.29, 1.82) is 0 Å². The lowest BCUT2D eigenvalue weighted by atomic mass is 9.49. The molecule has 3 aliphatic rings. The number of benzene rings is 4. The predicted octanol–water partition coefficient (Wildman–Crippen LogP) is 9.98. The van der Waals surface area contributed by atoms with Crippen LogP contribution in [-0.2, 0) is 15.1 Å². The van der Waals surface area contributed by atoms with Crippen LogP contribution in [0.2, 0.25) is 0 Å². The third kappa shape index (κ3) is 11.6. The van der Waals surface area contributed by atoms with E-state index in [0.717, 1.165) is 76.9 Å². The van der Waals surface area contributed by atoms with Crippen LogP contribution >= 0.6 is 0 Å². The fourth-order valence-corrected chi connectivity index (χ4v) is 9.98. The van der Waals surface area contributed by atoms with Crippen molar-refractivity contribution in [3.63, 3.8) is 0 Å². The molecule has 0 aliphatic heterocycles. The van der Waals surface area contributed by atoms with Gasteiger partial charge in [-0.15, -0.1) is 0 Å². The van der Waals surface area contributed by atoms with E-state index < -0.39 is 0 Å². The molecule has 4 aromatic heterocycles. The van der Waals surface area contributed by atoms with Crippen LogP contribution in [-0.4, -0.2) is 134 Å². The van der Waals surface area contributed by atoms with Crippen LogP contribution in [0.4, 0.5) is 46.0 Å². The summed E-state index contributed by atoms with van der Waals surface area (Å²) in [5.74, 6) is 2.36. The number of likely N-dealkylation sites (N-methyl/N-ethyl adjacent to an activating group) is 4. The molecule has 0 saturated heterocycles. The van der Waals surface area contributed by atoms with E-state index in [2.05, 4.69) is 110 Å². The molecule has 3 fully saturated rings. The van der Waals surface area contributed by atoms with Crippen molar-refractivity contribution in [2.45, 2.75) is 24.8 Å². The number of rotatable bonds is 21. The van der Waals surface area contributed by atoms with E-state index >= 15 is 0 Å². The fourth-order valence-electron chi connectivity index (χ4n) is 9.98. The molecule has 4 aromatic carbocycles. The second-order valence-electron chi connectivity index (χ2n) is 20.1. The average molecular weight is 1040 g/mol. The lowest BCUT2D eigenvalue weighted by Gasteiger charge is -2.62. The number of aromatic nitrogens is 6. The summed E-state index contributed by atoms with van der Waals surface area (Å²) in [5, 5.41) is 14.7. The summed E-state index contributed by atoms with van der Waals surface area (Å²) in [7, 11) is 15.3. The molecule has 5 N–H and O–H groups in total. The van der Waals surface area contributed by atoms with Crippen molar-refractivity contribution >= 4 is 79.6 Å². The maximum atomic E-state index is 12.3. The number of fused-ring (bicyclic) bond motifs is 2. The number of hydrogen-bond acceptors (Lipinski definition) is 14. The minimum absolute atomic E-state index is 0.276. The van der Waals surface area contributed by atoms with Gasteiger partial charge in [0.25, 0.3) is 0 Å². The highest BCUT2D eigenvalue weighted by atomic mass is 16.5. The first-order valence-electron chi connectivity index (χ1n) is 25.6. The van der Waals surface area contributed by atoms with Gasteiger partial charge in [-0.2, -0.15) is 0 Å². The molecular weight excluding hydrogens is 969 g/mol. The Bertz CT molecular complexity index is 3440. The van der Waals surface area contributed by atoms with Crippen LogP contribution in [0.3, 0.4) is 0 Å². The number of nitrogens with one attached hydrogen (secondary N) is 5. The van der Waals surface area contributed by atoms with Gasteiger partial charge in [0, 0.05) is 116 Å². The number of nitrogens with zero attached hydrogens (tertiary/aromatic N) is 9. The van der Waals surface area contributed by atoms with Gasteiger partial charge in [-0.05, 0) is 102 Å².